The molecule has 0 fully saturated rings. The van der Waals surface area contributed by atoms with E-state index < -0.39 is 0 Å². The van der Waals surface area contributed by atoms with Crippen LogP contribution >= 0.6 is 23.8 Å². The van der Waals surface area contributed by atoms with Crippen LogP contribution in [-0.2, 0) is 25.9 Å². The zero-order valence-electron chi connectivity index (χ0n) is 20.5. The number of halogens is 1. The number of aryl methyl sites for hydroxylation is 2. The Kier molecular flexibility index (Phi) is 6.49. The van der Waals surface area contributed by atoms with Crippen molar-refractivity contribution < 1.29 is 9.15 Å². The number of rotatable bonds is 7. The fraction of sp³-hybridized carbons (Fsp3) is 0.241. The third kappa shape index (κ3) is 4.54. The molecule has 3 aromatic heterocycles. The van der Waals surface area contributed by atoms with Crippen LogP contribution in [0, 0.1) is 0 Å². The molecular formula is C29H27ClN4O2S. The Hall–Kier alpha value is -3.55. The van der Waals surface area contributed by atoms with Gasteiger partial charge in [0.2, 0.25) is 0 Å². The number of methoxy groups -OCH3 is 1. The zero-order chi connectivity index (χ0) is 25.4. The number of ether oxygens (including phenoxy) is 1. The number of furan rings is 1. The van der Waals surface area contributed by atoms with E-state index in [1.54, 1.807) is 13.4 Å². The fourth-order valence-electron chi connectivity index (χ4n) is 5.16. The van der Waals surface area contributed by atoms with Crippen LogP contribution in [0.1, 0.15) is 41.2 Å². The maximum absolute atomic E-state index is 6.24. The molecular weight excluding hydrogens is 504 g/mol. The Morgan fingerprint density at radius 1 is 1.11 bits per heavy atom. The Morgan fingerprint density at radius 3 is 2.65 bits per heavy atom. The van der Waals surface area contributed by atoms with Gasteiger partial charge in [-0.15, -0.1) is 0 Å². The van der Waals surface area contributed by atoms with Crippen LogP contribution in [0.4, 0.5) is 0 Å². The predicted molar refractivity (Wildman–Crippen MR) is 150 cm³/mol. The summed E-state index contributed by atoms with van der Waals surface area (Å²) in [6.45, 7) is 1.44. The van der Waals surface area contributed by atoms with E-state index in [1.807, 2.05) is 36.4 Å². The first-order chi connectivity index (χ1) is 18.1. The van der Waals surface area contributed by atoms with E-state index in [1.165, 1.54) is 11.1 Å². The van der Waals surface area contributed by atoms with E-state index in [2.05, 4.69) is 38.7 Å². The van der Waals surface area contributed by atoms with Crippen molar-refractivity contribution in [3.8, 4) is 16.9 Å². The lowest BCUT2D eigenvalue weighted by atomic mass is 9.98. The van der Waals surface area contributed by atoms with Gasteiger partial charge in [-0.1, -0.05) is 48.1 Å². The first-order valence-electron chi connectivity index (χ1n) is 12.4. The van der Waals surface area contributed by atoms with Gasteiger partial charge in [-0.25, -0.2) is 4.52 Å². The third-order valence-electron chi connectivity index (χ3n) is 6.93. The summed E-state index contributed by atoms with van der Waals surface area (Å²) in [4.78, 5) is 0.642. The summed E-state index contributed by atoms with van der Waals surface area (Å²) in [6, 6.07) is 20.0. The van der Waals surface area contributed by atoms with Crippen LogP contribution in [0.25, 0.3) is 16.8 Å². The topological polar surface area (TPSA) is 56.6 Å². The molecule has 0 saturated carbocycles. The van der Waals surface area contributed by atoms with Gasteiger partial charge in [0.05, 0.1) is 19.9 Å². The Balaban J connectivity index is 1.49. The number of hydrogen-bond acceptors (Lipinski definition) is 4. The highest BCUT2D eigenvalue weighted by Gasteiger charge is 2.29. The molecule has 4 heterocycles. The Labute approximate surface area is 225 Å². The summed E-state index contributed by atoms with van der Waals surface area (Å²) in [5.74, 6) is 2.71. The van der Waals surface area contributed by atoms with Crippen molar-refractivity contribution in [2.75, 3.05) is 7.11 Å². The Bertz CT molecular complexity index is 1550. The van der Waals surface area contributed by atoms with E-state index in [4.69, 9.17) is 38.1 Å². The van der Waals surface area contributed by atoms with Crippen LogP contribution in [0.3, 0.4) is 0 Å². The van der Waals surface area contributed by atoms with Crippen molar-refractivity contribution in [1.29, 1.82) is 0 Å². The summed E-state index contributed by atoms with van der Waals surface area (Å²) in [6.07, 6.45) is 5.58. The lowest BCUT2D eigenvalue weighted by Gasteiger charge is -2.11. The first kappa shape index (κ1) is 23.8. The number of aromatic nitrogens is 3. The minimum Gasteiger partial charge on any atom is -0.497 e. The second-order valence-electron chi connectivity index (χ2n) is 9.26. The number of nitrogens with zero attached hydrogens (tertiary/aromatic N) is 3. The van der Waals surface area contributed by atoms with Gasteiger partial charge in [0.15, 0.2) is 0 Å². The SMILES string of the molecule is COc1ccc(Cc2nn3c(C(=S)NCc4ccco4)c(-c4ccc(Cl)cc4)c4c3n2CCCC4)cc1. The van der Waals surface area contributed by atoms with Gasteiger partial charge in [0.25, 0.3) is 0 Å². The van der Waals surface area contributed by atoms with E-state index in [-0.39, 0.29) is 0 Å². The maximum Gasteiger partial charge on any atom is 0.140 e. The standard InChI is InChI=1S/C29H27ClN4O2S/c1-35-22-13-7-19(8-14-22)17-25-32-34-27(28(37)31-18-23-5-4-16-36-23)26(20-9-11-21(30)12-10-20)24-6-2-3-15-33(25)29(24)34/h4-5,7-14,16H,2-3,6,15,17-18H2,1H3,(H,31,37). The maximum atomic E-state index is 6.24. The largest absolute Gasteiger partial charge is 0.497 e. The van der Waals surface area contributed by atoms with Crippen molar-refractivity contribution in [3.63, 3.8) is 0 Å². The van der Waals surface area contributed by atoms with Gasteiger partial charge in [-0.2, -0.15) is 5.10 Å². The monoisotopic (exact) mass is 530 g/mol. The highest BCUT2D eigenvalue weighted by atomic mass is 35.5. The van der Waals surface area contributed by atoms with Gasteiger partial charge >= 0.3 is 0 Å². The number of hydrogen-bond donors (Lipinski definition) is 1. The van der Waals surface area contributed by atoms with E-state index in [0.717, 1.165) is 72.0 Å². The van der Waals surface area contributed by atoms with Gasteiger partial charge < -0.3 is 19.0 Å². The van der Waals surface area contributed by atoms with Gasteiger partial charge in [-0.3, -0.25) is 0 Å². The number of benzene rings is 2. The minimum absolute atomic E-state index is 0.508. The Morgan fingerprint density at radius 2 is 1.92 bits per heavy atom. The lowest BCUT2D eigenvalue weighted by molar-refractivity contribution is 0.414. The average Bonchev–Trinajstić information content (AvgIpc) is 3.58. The molecule has 5 aromatic rings. The van der Waals surface area contributed by atoms with Gasteiger partial charge in [0, 0.05) is 29.1 Å². The molecule has 1 N–H and O–H groups in total. The molecule has 1 aliphatic rings. The van der Waals surface area contributed by atoms with Crippen molar-refractivity contribution in [1.82, 2.24) is 19.5 Å². The normalized spacial score (nSPS) is 13.0. The molecule has 6 nitrogen and oxygen atoms in total. The van der Waals surface area contributed by atoms with Crippen LogP contribution in [0.15, 0.2) is 71.3 Å². The zero-order valence-corrected chi connectivity index (χ0v) is 22.1. The molecule has 0 spiro atoms. The smallest absolute Gasteiger partial charge is 0.140 e. The lowest BCUT2D eigenvalue weighted by Crippen LogP contribution is -2.24. The third-order valence-corrected chi connectivity index (χ3v) is 7.52. The van der Waals surface area contributed by atoms with Crippen molar-refractivity contribution in [2.24, 2.45) is 0 Å². The highest BCUT2D eigenvalue weighted by molar-refractivity contribution is 7.80. The summed E-state index contributed by atoms with van der Waals surface area (Å²) in [7, 11) is 1.69. The van der Waals surface area contributed by atoms with Gasteiger partial charge in [0.1, 0.15) is 33.7 Å². The molecule has 0 bridgehead atoms. The molecule has 0 amide bonds. The van der Waals surface area contributed by atoms with Crippen LogP contribution in [0.2, 0.25) is 5.02 Å². The average molecular weight is 531 g/mol. The molecule has 0 radical (unpaired) electrons. The summed E-state index contributed by atoms with van der Waals surface area (Å²) in [5.41, 5.74) is 6.73. The summed E-state index contributed by atoms with van der Waals surface area (Å²) < 4.78 is 15.3. The second-order valence-corrected chi connectivity index (χ2v) is 10.1. The highest BCUT2D eigenvalue weighted by Crippen LogP contribution is 2.37. The van der Waals surface area contributed by atoms with Crippen LogP contribution < -0.4 is 10.1 Å². The van der Waals surface area contributed by atoms with E-state index in [0.29, 0.717) is 16.6 Å². The number of thiocarbonyl (C=S) groups is 1. The molecule has 188 valence electrons. The van der Waals surface area contributed by atoms with Crippen molar-refractivity contribution in [2.45, 2.75) is 38.8 Å². The molecule has 0 unspecified atom stereocenters. The summed E-state index contributed by atoms with van der Waals surface area (Å²) >= 11 is 12.2. The predicted octanol–water partition coefficient (Wildman–Crippen LogP) is 6.45. The van der Waals surface area contributed by atoms with Crippen molar-refractivity contribution in [3.05, 3.63) is 100 Å². The van der Waals surface area contributed by atoms with Crippen LogP contribution in [0.5, 0.6) is 5.75 Å². The van der Waals surface area contributed by atoms with E-state index >= 15 is 0 Å². The van der Waals surface area contributed by atoms with Gasteiger partial charge in [-0.05, 0) is 66.8 Å². The molecule has 0 atom stereocenters. The molecule has 6 rings (SSSR count). The minimum atomic E-state index is 0.508. The van der Waals surface area contributed by atoms with Crippen molar-refractivity contribution >= 4 is 34.5 Å². The quantitative estimate of drug-likeness (QED) is 0.245. The molecule has 0 aliphatic carbocycles. The molecule has 8 heteroatoms. The summed E-state index contributed by atoms with van der Waals surface area (Å²) in [5, 5.41) is 9.28. The molecule has 37 heavy (non-hydrogen) atoms. The molecule has 1 aliphatic heterocycles. The molecule has 0 saturated heterocycles. The molecule has 2 aromatic carbocycles. The fourth-order valence-corrected chi connectivity index (χ4v) is 5.55. The number of nitrogens with one attached hydrogen (secondary N) is 1. The second kappa shape index (κ2) is 10.1. The van der Waals surface area contributed by atoms with Crippen LogP contribution in [-0.4, -0.2) is 26.3 Å². The first-order valence-corrected chi connectivity index (χ1v) is 13.2. The van der Waals surface area contributed by atoms with E-state index in [9.17, 15) is 0 Å².